The molecule has 0 spiro atoms. The van der Waals surface area contributed by atoms with Gasteiger partial charge in [0.05, 0.1) is 28.4 Å². The molecular weight excluding hydrogens is 274 g/mol. The highest BCUT2D eigenvalue weighted by Gasteiger charge is 2.30. The lowest BCUT2D eigenvalue weighted by Crippen LogP contribution is -2.04. The summed E-state index contributed by atoms with van der Waals surface area (Å²) in [5, 5.41) is 0. The van der Waals surface area contributed by atoms with Gasteiger partial charge in [0.2, 0.25) is 0 Å². The molecule has 2 aromatic heterocycles. The summed E-state index contributed by atoms with van der Waals surface area (Å²) in [5.41, 5.74) is -0.0876. The zero-order valence-electron chi connectivity index (χ0n) is 9.87. The second-order valence-electron chi connectivity index (χ2n) is 4.17. The first-order valence-corrected chi connectivity index (χ1v) is 5.62. The zero-order valence-corrected chi connectivity index (χ0v) is 9.87. The number of hydrogen-bond donors (Lipinski definition) is 1. The van der Waals surface area contributed by atoms with Crippen molar-refractivity contribution in [1.82, 2.24) is 15.0 Å². The first-order chi connectivity index (χ1) is 9.45. The molecule has 0 aliphatic heterocycles. The number of alkyl halides is 3. The van der Waals surface area contributed by atoms with Crippen molar-refractivity contribution in [2.75, 3.05) is 0 Å². The maximum absolute atomic E-state index is 13.6. The fraction of sp³-hybridized carbons (Fsp3) is 0.0769. The van der Waals surface area contributed by atoms with Crippen molar-refractivity contribution in [2.45, 2.75) is 6.18 Å². The molecule has 7 heteroatoms. The van der Waals surface area contributed by atoms with E-state index in [0.717, 1.165) is 18.3 Å². The van der Waals surface area contributed by atoms with Crippen LogP contribution in [0.2, 0.25) is 0 Å². The van der Waals surface area contributed by atoms with Crippen molar-refractivity contribution < 1.29 is 17.6 Å². The molecule has 0 aliphatic carbocycles. The predicted molar refractivity (Wildman–Crippen MR) is 64.3 cm³/mol. The number of benzene rings is 1. The van der Waals surface area contributed by atoms with Gasteiger partial charge in [0, 0.05) is 6.20 Å². The van der Waals surface area contributed by atoms with Crippen LogP contribution in [0.5, 0.6) is 0 Å². The Kier molecular flexibility index (Phi) is 2.70. The second kappa shape index (κ2) is 4.29. The quantitative estimate of drug-likeness (QED) is 0.690. The largest absolute Gasteiger partial charge is 0.416 e. The van der Waals surface area contributed by atoms with E-state index in [1.165, 1.54) is 18.3 Å². The van der Waals surface area contributed by atoms with Crippen molar-refractivity contribution in [3.8, 4) is 11.4 Å². The zero-order chi connectivity index (χ0) is 14.3. The molecule has 3 rings (SSSR count). The molecule has 3 nitrogen and oxygen atoms in total. The summed E-state index contributed by atoms with van der Waals surface area (Å²) in [7, 11) is 0. The van der Waals surface area contributed by atoms with Gasteiger partial charge in [-0.1, -0.05) is 0 Å². The van der Waals surface area contributed by atoms with E-state index in [-0.39, 0.29) is 16.9 Å². The summed E-state index contributed by atoms with van der Waals surface area (Å²) in [6.07, 6.45) is -2.03. The Balaban J connectivity index is 2.14. The third-order valence-corrected chi connectivity index (χ3v) is 2.84. The predicted octanol–water partition coefficient (Wildman–Crippen LogP) is 3.78. The minimum absolute atomic E-state index is 0.157. The van der Waals surface area contributed by atoms with Crippen LogP contribution in [-0.4, -0.2) is 15.0 Å². The molecule has 0 bridgehead atoms. The Labute approximate surface area is 110 Å². The van der Waals surface area contributed by atoms with E-state index in [1.807, 2.05) is 0 Å². The minimum Gasteiger partial charge on any atom is -0.338 e. The lowest BCUT2D eigenvalue weighted by molar-refractivity contribution is -0.137. The molecule has 0 amide bonds. The number of rotatable bonds is 1. The Hall–Kier alpha value is -2.44. The summed E-state index contributed by atoms with van der Waals surface area (Å²) in [4.78, 5) is 10.4. The average molecular weight is 281 g/mol. The molecular formula is C13H7F4N3. The number of hydrogen-bond acceptors (Lipinski definition) is 2. The number of nitrogens with zero attached hydrogens (tertiary/aromatic N) is 2. The normalized spacial score (nSPS) is 12.0. The first-order valence-electron chi connectivity index (χ1n) is 5.62. The van der Waals surface area contributed by atoms with Crippen LogP contribution < -0.4 is 0 Å². The van der Waals surface area contributed by atoms with Crippen LogP contribution in [0.15, 0.2) is 36.7 Å². The first kappa shape index (κ1) is 12.6. The summed E-state index contributed by atoms with van der Waals surface area (Å²) >= 11 is 0. The van der Waals surface area contributed by atoms with Gasteiger partial charge in [0.25, 0.3) is 0 Å². The van der Waals surface area contributed by atoms with Gasteiger partial charge in [-0.3, -0.25) is 4.98 Å². The highest BCUT2D eigenvalue weighted by molar-refractivity contribution is 5.80. The van der Waals surface area contributed by atoms with Crippen LogP contribution >= 0.6 is 0 Å². The summed E-state index contributed by atoms with van der Waals surface area (Å²) in [6, 6.07) is 4.54. The number of pyridine rings is 1. The van der Waals surface area contributed by atoms with Crippen molar-refractivity contribution in [3.05, 3.63) is 48.0 Å². The maximum Gasteiger partial charge on any atom is 0.416 e. The number of aromatic nitrogens is 3. The van der Waals surface area contributed by atoms with Gasteiger partial charge in [0.15, 0.2) is 5.82 Å². The van der Waals surface area contributed by atoms with E-state index in [1.54, 1.807) is 0 Å². The third kappa shape index (κ3) is 2.11. The molecule has 0 saturated heterocycles. The van der Waals surface area contributed by atoms with Gasteiger partial charge in [-0.05, 0) is 24.3 Å². The number of imidazole rings is 1. The van der Waals surface area contributed by atoms with Crippen molar-refractivity contribution in [2.24, 2.45) is 0 Å². The topological polar surface area (TPSA) is 41.6 Å². The van der Waals surface area contributed by atoms with E-state index in [9.17, 15) is 17.6 Å². The van der Waals surface area contributed by atoms with Crippen molar-refractivity contribution >= 4 is 11.0 Å². The van der Waals surface area contributed by atoms with E-state index < -0.39 is 17.6 Å². The fourth-order valence-electron chi connectivity index (χ4n) is 1.88. The molecule has 0 radical (unpaired) electrons. The molecule has 20 heavy (non-hydrogen) atoms. The number of H-pyrrole nitrogens is 1. The number of nitrogens with one attached hydrogen (secondary N) is 1. The Morgan fingerprint density at radius 2 is 1.90 bits per heavy atom. The summed E-state index contributed by atoms with van der Waals surface area (Å²) < 4.78 is 51.4. The molecule has 2 heterocycles. The van der Waals surface area contributed by atoms with Gasteiger partial charge in [-0.15, -0.1) is 0 Å². The lowest BCUT2D eigenvalue weighted by atomic mass is 10.2. The fourth-order valence-corrected chi connectivity index (χ4v) is 1.88. The molecule has 0 aliphatic rings. The van der Waals surface area contributed by atoms with Gasteiger partial charge in [0.1, 0.15) is 5.82 Å². The molecule has 0 unspecified atom stereocenters. The van der Waals surface area contributed by atoms with Gasteiger partial charge >= 0.3 is 6.18 Å². The van der Waals surface area contributed by atoms with Gasteiger partial charge in [-0.2, -0.15) is 13.2 Å². The van der Waals surface area contributed by atoms with E-state index in [4.69, 9.17) is 0 Å². The monoisotopic (exact) mass is 281 g/mol. The van der Waals surface area contributed by atoms with Crippen LogP contribution in [0, 0.1) is 5.82 Å². The highest BCUT2D eigenvalue weighted by Crippen LogP contribution is 2.31. The van der Waals surface area contributed by atoms with Crippen LogP contribution in [0.1, 0.15) is 5.56 Å². The smallest absolute Gasteiger partial charge is 0.338 e. The second-order valence-corrected chi connectivity index (χ2v) is 4.17. The van der Waals surface area contributed by atoms with Crippen molar-refractivity contribution in [3.63, 3.8) is 0 Å². The molecule has 1 N–H and O–H groups in total. The van der Waals surface area contributed by atoms with E-state index in [2.05, 4.69) is 15.0 Å². The average Bonchev–Trinajstić information content (AvgIpc) is 2.80. The number of aromatic amines is 1. The van der Waals surface area contributed by atoms with Gasteiger partial charge in [-0.25, -0.2) is 9.37 Å². The standard InChI is InChI=1S/C13H7F4N3/c14-9-6-18-4-3-8(9)12-19-10-2-1-7(13(15,16)17)5-11(10)20-12/h1-6H,(H,19,20). The van der Waals surface area contributed by atoms with Crippen LogP contribution in [0.3, 0.4) is 0 Å². The van der Waals surface area contributed by atoms with E-state index in [0.29, 0.717) is 5.52 Å². The maximum atomic E-state index is 13.6. The van der Waals surface area contributed by atoms with Crippen LogP contribution in [0.4, 0.5) is 17.6 Å². The molecule has 0 saturated carbocycles. The van der Waals surface area contributed by atoms with Gasteiger partial charge < -0.3 is 4.98 Å². The molecule has 0 atom stereocenters. The molecule has 102 valence electrons. The lowest BCUT2D eigenvalue weighted by Gasteiger charge is -2.05. The van der Waals surface area contributed by atoms with Crippen LogP contribution in [0.25, 0.3) is 22.4 Å². The summed E-state index contributed by atoms with van der Waals surface area (Å²) in [6.45, 7) is 0. The van der Waals surface area contributed by atoms with E-state index >= 15 is 0 Å². The molecule has 1 aromatic carbocycles. The number of fused-ring (bicyclic) bond motifs is 1. The molecule has 0 fully saturated rings. The minimum atomic E-state index is -4.43. The third-order valence-electron chi connectivity index (χ3n) is 2.84. The van der Waals surface area contributed by atoms with Crippen molar-refractivity contribution in [1.29, 1.82) is 0 Å². The Morgan fingerprint density at radius 1 is 1.10 bits per heavy atom. The molecule has 3 aromatic rings. The Morgan fingerprint density at radius 3 is 2.60 bits per heavy atom. The SMILES string of the molecule is Fc1cnccc1-c1nc2ccc(C(F)(F)F)cc2[nH]1. The highest BCUT2D eigenvalue weighted by atomic mass is 19.4. The number of halogens is 4. The summed E-state index contributed by atoms with van der Waals surface area (Å²) in [5.74, 6) is -0.429. The van der Waals surface area contributed by atoms with Crippen LogP contribution in [-0.2, 0) is 6.18 Å². The Bertz CT molecular complexity index is 777.